The lowest BCUT2D eigenvalue weighted by atomic mass is 9.84. The number of hydrogen-bond donors (Lipinski definition) is 3. The molecule has 0 bridgehead atoms. The second-order valence-corrected chi connectivity index (χ2v) is 19.5. The average Bonchev–Trinajstić information content (AvgIpc) is 4.05. The smallest absolute Gasteiger partial charge is 0.408 e. The molecule has 0 unspecified atom stereocenters. The minimum absolute atomic E-state index is 0.0377. The van der Waals surface area contributed by atoms with Gasteiger partial charge in [-0.2, -0.15) is 0 Å². The first-order chi connectivity index (χ1) is 27.0. The lowest BCUT2D eigenvalue weighted by molar-refractivity contribution is -0.156. The molecule has 2 aliphatic heterocycles. The summed E-state index contributed by atoms with van der Waals surface area (Å²) in [7, 11) is -4.01. The van der Waals surface area contributed by atoms with Gasteiger partial charge in [0.05, 0.1) is 28.6 Å². The average molecular weight is 833 g/mol. The molecule has 2 aliphatic carbocycles. The van der Waals surface area contributed by atoms with E-state index in [4.69, 9.17) is 4.74 Å². The molecule has 0 spiro atoms. The zero-order valence-corrected chi connectivity index (χ0v) is 34.7. The van der Waals surface area contributed by atoms with Gasteiger partial charge >= 0.3 is 6.09 Å². The van der Waals surface area contributed by atoms with E-state index in [-0.39, 0.29) is 49.2 Å². The number of benzene rings is 1. The highest BCUT2D eigenvalue weighted by molar-refractivity contribution is 7.91. The van der Waals surface area contributed by atoms with E-state index in [2.05, 4.69) is 15.1 Å². The van der Waals surface area contributed by atoms with Crippen LogP contribution < -0.4 is 20.3 Å². The van der Waals surface area contributed by atoms with Crippen LogP contribution in [0, 0.1) is 17.8 Å². The van der Waals surface area contributed by atoms with Crippen LogP contribution in [0.5, 0.6) is 5.88 Å². The maximum Gasteiger partial charge on any atom is 0.408 e. The van der Waals surface area contributed by atoms with Gasteiger partial charge in [0.15, 0.2) is 0 Å². The number of nitrogens with one attached hydrogen (secondary N) is 2. The molecule has 3 N–H and O–H groups in total. The van der Waals surface area contributed by atoms with Crippen LogP contribution in [0.1, 0.15) is 99.5 Å². The molecule has 2 saturated carbocycles. The molecule has 7 atom stereocenters. The fourth-order valence-electron chi connectivity index (χ4n) is 8.33. The third kappa shape index (κ3) is 8.17. The summed E-state index contributed by atoms with van der Waals surface area (Å²) in [5, 5.41) is 17.8. The number of aromatic nitrogens is 2. The quantitative estimate of drug-likeness (QED) is 0.300. The molecule has 15 nitrogen and oxygen atoms in total. The van der Waals surface area contributed by atoms with Crippen LogP contribution in [-0.2, 0) is 24.4 Å². The maximum atomic E-state index is 15.4. The fourth-order valence-corrected chi connectivity index (χ4v) is 9.70. The highest BCUT2D eigenvalue weighted by atomic mass is 32.2. The van der Waals surface area contributed by atoms with Crippen molar-refractivity contribution in [2.45, 2.75) is 140 Å². The highest BCUT2D eigenvalue weighted by Gasteiger charge is 2.62. The number of carboxylic acid groups (broad SMARTS) is 1. The van der Waals surface area contributed by atoms with E-state index >= 15 is 13.6 Å². The Bertz CT molecular complexity index is 2170. The Morgan fingerprint density at radius 1 is 1.07 bits per heavy atom. The van der Waals surface area contributed by atoms with Gasteiger partial charge in [0.1, 0.15) is 29.3 Å². The van der Waals surface area contributed by atoms with Gasteiger partial charge in [-0.15, -0.1) is 5.10 Å². The third-order valence-corrected chi connectivity index (χ3v) is 14.1. The Morgan fingerprint density at radius 2 is 1.72 bits per heavy atom. The van der Waals surface area contributed by atoms with Crippen LogP contribution in [0.15, 0.2) is 41.2 Å². The minimum Gasteiger partial charge on any atom is -0.471 e. The van der Waals surface area contributed by atoms with Gasteiger partial charge in [-0.1, -0.05) is 38.1 Å². The maximum absolute atomic E-state index is 15.4. The monoisotopic (exact) mass is 832 g/mol. The molecule has 3 fully saturated rings. The molecular formula is C40H54F2N6O9S. The number of ether oxygens (including phenoxy) is 1. The van der Waals surface area contributed by atoms with Crippen LogP contribution in [0.2, 0.25) is 0 Å². The zero-order valence-electron chi connectivity index (χ0n) is 33.9. The second kappa shape index (κ2) is 15.5. The van der Waals surface area contributed by atoms with E-state index in [0.717, 1.165) is 18.7 Å². The van der Waals surface area contributed by atoms with Gasteiger partial charge in [-0.3, -0.25) is 28.8 Å². The molecule has 1 aromatic heterocycles. The molecule has 58 heavy (non-hydrogen) atoms. The van der Waals surface area contributed by atoms with Crippen molar-refractivity contribution in [1.82, 2.24) is 29.6 Å². The minimum atomic E-state index is -4.01. The first kappa shape index (κ1) is 43.0. The predicted molar refractivity (Wildman–Crippen MR) is 210 cm³/mol. The summed E-state index contributed by atoms with van der Waals surface area (Å²) in [5.74, 6) is -7.73. The summed E-state index contributed by atoms with van der Waals surface area (Å²) in [6.07, 6.45) is 2.89. The molecule has 4 amide bonds. The Hall–Kier alpha value is -4.61. The van der Waals surface area contributed by atoms with Gasteiger partial charge in [-0.05, 0) is 90.2 Å². The largest absolute Gasteiger partial charge is 0.471 e. The normalized spacial score (nSPS) is 28.6. The van der Waals surface area contributed by atoms with Crippen molar-refractivity contribution in [2.75, 3.05) is 6.54 Å². The topological polar surface area (TPSA) is 197 Å². The molecule has 4 aliphatic rings. The number of nitrogens with zero attached hydrogens (tertiary/aromatic N) is 4. The zero-order chi connectivity index (χ0) is 42.7. The van der Waals surface area contributed by atoms with Crippen molar-refractivity contribution in [3.8, 4) is 5.88 Å². The summed E-state index contributed by atoms with van der Waals surface area (Å²) in [6, 6.07) is 3.16. The van der Waals surface area contributed by atoms with Gasteiger partial charge < -0.3 is 20.1 Å². The molecular weight excluding hydrogens is 779 g/mol. The van der Waals surface area contributed by atoms with E-state index in [9.17, 15) is 32.7 Å². The van der Waals surface area contributed by atoms with Crippen LogP contribution in [-0.4, -0.2) is 104 Å². The number of rotatable bonds is 9. The van der Waals surface area contributed by atoms with E-state index in [0.29, 0.717) is 48.3 Å². The van der Waals surface area contributed by atoms with Gasteiger partial charge in [0.25, 0.3) is 17.4 Å². The molecule has 0 radical (unpaired) electrons. The van der Waals surface area contributed by atoms with Crippen molar-refractivity contribution in [2.24, 2.45) is 17.8 Å². The number of halogens is 2. The number of fused-ring (bicyclic) bond motifs is 3. The summed E-state index contributed by atoms with van der Waals surface area (Å²) in [5.41, 5.74) is -4.42. The van der Waals surface area contributed by atoms with Crippen LogP contribution in [0.25, 0.3) is 10.8 Å². The first-order valence-corrected chi connectivity index (χ1v) is 21.5. The van der Waals surface area contributed by atoms with Crippen molar-refractivity contribution in [3.05, 3.63) is 46.8 Å². The lowest BCUT2D eigenvalue weighted by Gasteiger charge is -2.47. The number of carbonyl (C=O) groups excluding carboxylic acids is 3. The Labute approximate surface area is 336 Å². The van der Waals surface area contributed by atoms with E-state index in [1.54, 1.807) is 51.1 Å². The fraction of sp³-hybridized carbons (Fsp3) is 0.650. The van der Waals surface area contributed by atoms with Crippen molar-refractivity contribution < 1.29 is 46.2 Å². The van der Waals surface area contributed by atoms with Gasteiger partial charge in [0.2, 0.25) is 27.7 Å². The Morgan fingerprint density at radius 3 is 2.33 bits per heavy atom. The molecule has 3 heterocycles. The predicted octanol–water partition coefficient (Wildman–Crippen LogP) is 4.60. The molecule has 2 aromatic rings. The summed E-state index contributed by atoms with van der Waals surface area (Å²) < 4.78 is 66.4. The summed E-state index contributed by atoms with van der Waals surface area (Å²) >= 11 is 0. The molecule has 318 valence electrons. The number of alkyl halides is 2. The third-order valence-electron chi connectivity index (χ3n) is 12.3. The number of amides is 4. The van der Waals surface area contributed by atoms with Crippen molar-refractivity contribution in [1.29, 1.82) is 0 Å². The Kier molecular flexibility index (Phi) is 11.5. The number of hydrogen-bond acceptors (Lipinski definition) is 9. The summed E-state index contributed by atoms with van der Waals surface area (Å²) in [6.45, 7) is 9.45. The number of carbonyl (C=O) groups is 4. The SMILES string of the molecule is CC(C)n1nc(O[C@@H]2C[C@H]3C(=O)N[C@]4(C(=O)NS(=O)(=O)C5CC5)C[C@H]4C=CCC[C@H](C)C[C@@H](C)[C@H](N(C(=O)O)C(C)(C)C(C)(F)F)C(=O)N3C2)c2ccccc2c1=O. The molecule has 1 aromatic carbocycles. The van der Waals surface area contributed by atoms with Gasteiger partial charge in [-0.25, -0.2) is 26.7 Å². The van der Waals surface area contributed by atoms with Crippen molar-refractivity contribution in [3.63, 3.8) is 0 Å². The lowest BCUT2D eigenvalue weighted by Crippen LogP contribution is -2.66. The first-order valence-electron chi connectivity index (χ1n) is 19.9. The number of sulfonamides is 1. The highest BCUT2D eigenvalue weighted by Crippen LogP contribution is 2.46. The van der Waals surface area contributed by atoms with Crippen LogP contribution >= 0.6 is 0 Å². The number of allylic oxidation sites excluding steroid dienone is 1. The standard InChI is InChI=1S/C40H54F2N6O9S/c1-22(2)48-34(50)29-15-11-10-14-28(29)33(44-48)57-26-19-30-32(49)43-40(36(52)45-58(55,56)27-16-17-27)20-25(40)13-9-8-12-23(3)18-24(4)31(35(51)46(30)21-26)47(37(53)54)38(5,6)39(7,41)42/h9-11,13-15,22-27,30-31H,8,12,16-21H2,1-7H3,(H,43,49)(H,45,52)(H,53,54)/t23-,24+,25+,26+,30-,31-,40+/m0/s1. The second-order valence-electron chi connectivity index (χ2n) is 17.5. The van der Waals surface area contributed by atoms with Crippen LogP contribution in [0.4, 0.5) is 13.6 Å². The Balaban J connectivity index is 1.45. The molecule has 6 rings (SSSR count). The summed E-state index contributed by atoms with van der Waals surface area (Å²) in [4.78, 5) is 71.6. The van der Waals surface area contributed by atoms with Crippen molar-refractivity contribution >= 4 is 44.6 Å². The van der Waals surface area contributed by atoms with Gasteiger partial charge in [0, 0.05) is 19.3 Å². The molecule has 1 saturated heterocycles. The van der Waals surface area contributed by atoms with E-state index in [1.165, 1.54) is 4.68 Å². The molecule has 18 heteroatoms. The van der Waals surface area contributed by atoms with E-state index in [1.807, 2.05) is 13.0 Å². The van der Waals surface area contributed by atoms with Crippen LogP contribution in [0.3, 0.4) is 0 Å². The van der Waals surface area contributed by atoms with E-state index < -0.39 is 86.1 Å².